The smallest absolute Gasteiger partial charge is 0.335 e. The highest BCUT2D eigenvalue weighted by Gasteiger charge is 2.57. The third-order valence-electron chi connectivity index (χ3n) is 2.55. The number of carboxylic acid groups (broad SMARTS) is 1. The second-order valence-corrected chi connectivity index (χ2v) is 3.69. The molecule has 11 nitrogen and oxygen atoms in total. The van der Waals surface area contributed by atoms with Gasteiger partial charge in [0.1, 0.15) is 12.2 Å². The average Bonchev–Trinajstić information content (AvgIpc) is 2.85. The van der Waals surface area contributed by atoms with Crippen molar-refractivity contribution >= 4 is 5.97 Å². The van der Waals surface area contributed by atoms with Gasteiger partial charge in [-0.3, -0.25) is 0 Å². The Morgan fingerprint density at radius 3 is 2.50 bits per heavy atom. The molecule has 5 atom stereocenters. The Morgan fingerprint density at radius 1 is 1.33 bits per heavy atom. The van der Waals surface area contributed by atoms with Crippen LogP contribution in [0.1, 0.15) is 0 Å². The molecule has 0 bridgehead atoms. The van der Waals surface area contributed by atoms with Crippen LogP contribution in [0.3, 0.4) is 0 Å². The first-order chi connectivity index (χ1) is 8.38. The summed E-state index contributed by atoms with van der Waals surface area (Å²) in [5.41, 5.74) is 0. The number of hydrogen-bond donors (Lipinski definition) is 5. The zero-order chi connectivity index (χ0) is 13.5. The van der Waals surface area contributed by atoms with Crippen LogP contribution in [0, 0.1) is 0 Å². The number of carboxylic acids is 1. The van der Waals surface area contributed by atoms with Crippen LogP contribution in [-0.2, 0) is 15.4 Å². The van der Waals surface area contributed by atoms with E-state index in [1.165, 1.54) is 0 Å². The average molecular weight is 262 g/mol. The Balaban J connectivity index is 2.39. The third kappa shape index (κ3) is 1.74. The second-order valence-electron chi connectivity index (χ2n) is 3.69. The maximum atomic E-state index is 10.8. The number of carbonyl (C=O) groups is 1. The van der Waals surface area contributed by atoms with Crippen LogP contribution >= 0.6 is 0 Å². The van der Waals surface area contributed by atoms with Crippen molar-refractivity contribution in [2.24, 2.45) is 0 Å². The highest BCUT2D eigenvalue weighted by molar-refractivity contribution is 5.73. The van der Waals surface area contributed by atoms with Crippen molar-refractivity contribution < 1.29 is 35.1 Å². The van der Waals surface area contributed by atoms with Gasteiger partial charge in [0.25, 0.3) is 0 Å². The maximum absolute atomic E-state index is 10.8. The molecule has 2 rings (SSSR count). The molecule has 0 aliphatic carbocycles. The number of tetrazole rings is 1. The van der Waals surface area contributed by atoms with Crippen molar-refractivity contribution in [3.8, 4) is 0 Å². The maximum Gasteiger partial charge on any atom is 0.335 e. The van der Waals surface area contributed by atoms with E-state index in [2.05, 4.69) is 20.1 Å². The van der Waals surface area contributed by atoms with Gasteiger partial charge in [0, 0.05) is 0 Å². The fourth-order valence-corrected chi connectivity index (χ4v) is 1.59. The predicted molar refractivity (Wildman–Crippen MR) is 48.5 cm³/mol. The minimum absolute atomic E-state index is 0.392. The van der Waals surface area contributed by atoms with E-state index in [1.54, 1.807) is 0 Å². The molecule has 0 amide bonds. The summed E-state index contributed by atoms with van der Waals surface area (Å²) in [5, 5.41) is 57.2. The number of aromatic nitrogens is 4. The number of ether oxygens (including phenoxy) is 1. The molecule has 0 radical (unpaired) electrons. The standard InChI is InChI=1S/C7H10N4O7/c12-2-3(13)5(14)7(17,11-9-1-8-10-11)18-4(2)6(15)16/h1-5,12-14,17H,(H,15,16)/t2-,3-,4-,5+,7+/m0/s1. The highest BCUT2D eigenvalue weighted by Crippen LogP contribution is 2.30. The first kappa shape index (κ1) is 12.8. The van der Waals surface area contributed by atoms with Gasteiger partial charge in [0.2, 0.25) is 0 Å². The lowest BCUT2D eigenvalue weighted by atomic mass is 9.96. The summed E-state index contributed by atoms with van der Waals surface area (Å²) in [6, 6.07) is 0. The van der Waals surface area contributed by atoms with E-state index < -0.39 is 36.3 Å². The molecule has 11 heteroatoms. The van der Waals surface area contributed by atoms with Crippen LogP contribution in [0.5, 0.6) is 0 Å². The molecule has 1 aromatic heterocycles. The lowest BCUT2D eigenvalue weighted by Crippen LogP contribution is -2.67. The van der Waals surface area contributed by atoms with E-state index in [0.717, 1.165) is 6.33 Å². The van der Waals surface area contributed by atoms with E-state index in [0.29, 0.717) is 4.80 Å². The van der Waals surface area contributed by atoms with Gasteiger partial charge in [-0.25, -0.2) is 4.79 Å². The molecule has 1 fully saturated rings. The number of aliphatic hydroxyl groups excluding tert-OH is 3. The van der Waals surface area contributed by atoms with Crippen LogP contribution in [-0.4, -0.2) is 76.1 Å². The summed E-state index contributed by atoms with van der Waals surface area (Å²) in [4.78, 5) is 11.2. The van der Waals surface area contributed by atoms with E-state index >= 15 is 0 Å². The minimum atomic E-state index is -2.74. The molecule has 1 aliphatic rings. The Morgan fingerprint density at radius 2 is 2.00 bits per heavy atom. The quantitative estimate of drug-likeness (QED) is 0.352. The van der Waals surface area contributed by atoms with Crippen molar-refractivity contribution in [1.82, 2.24) is 20.2 Å². The van der Waals surface area contributed by atoms with Crippen molar-refractivity contribution in [1.29, 1.82) is 0 Å². The van der Waals surface area contributed by atoms with Gasteiger partial charge in [0.15, 0.2) is 18.5 Å². The van der Waals surface area contributed by atoms with Gasteiger partial charge >= 0.3 is 11.9 Å². The number of nitrogens with zero attached hydrogens (tertiary/aromatic N) is 4. The molecule has 18 heavy (non-hydrogen) atoms. The summed E-state index contributed by atoms with van der Waals surface area (Å²) in [7, 11) is 0. The summed E-state index contributed by atoms with van der Waals surface area (Å²) < 4.78 is 4.67. The van der Waals surface area contributed by atoms with Crippen LogP contribution in [0.2, 0.25) is 0 Å². The Kier molecular flexibility index (Phi) is 3.00. The Labute approximate surface area is 98.8 Å². The molecule has 100 valence electrons. The summed E-state index contributed by atoms with van der Waals surface area (Å²) in [5.74, 6) is -4.37. The van der Waals surface area contributed by atoms with Gasteiger partial charge in [-0.05, 0) is 5.21 Å². The minimum Gasteiger partial charge on any atom is -0.479 e. The molecule has 0 aromatic carbocycles. The predicted octanol–water partition coefficient (Wildman–Crippen LogP) is -4.16. The summed E-state index contributed by atoms with van der Waals surface area (Å²) in [6.07, 6.45) is -6.99. The molecule has 5 N–H and O–H groups in total. The van der Waals surface area contributed by atoms with Crippen LogP contribution in [0.15, 0.2) is 6.33 Å². The molecular weight excluding hydrogens is 252 g/mol. The number of aliphatic carboxylic acids is 1. The van der Waals surface area contributed by atoms with Crippen molar-refractivity contribution in [2.75, 3.05) is 0 Å². The topological polar surface area (TPSA) is 171 Å². The van der Waals surface area contributed by atoms with Gasteiger partial charge < -0.3 is 30.3 Å². The zero-order valence-corrected chi connectivity index (χ0v) is 8.73. The molecule has 1 aliphatic heterocycles. The Hall–Kier alpha value is -1.66. The number of aliphatic hydroxyl groups is 4. The lowest BCUT2D eigenvalue weighted by Gasteiger charge is -2.42. The van der Waals surface area contributed by atoms with E-state index in [1.807, 2.05) is 0 Å². The first-order valence-corrected chi connectivity index (χ1v) is 4.78. The van der Waals surface area contributed by atoms with Crippen LogP contribution < -0.4 is 0 Å². The third-order valence-corrected chi connectivity index (χ3v) is 2.55. The zero-order valence-electron chi connectivity index (χ0n) is 8.73. The van der Waals surface area contributed by atoms with Gasteiger partial charge in [-0.2, -0.15) is 0 Å². The van der Waals surface area contributed by atoms with Gasteiger partial charge in [-0.15, -0.1) is 15.0 Å². The first-order valence-electron chi connectivity index (χ1n) is 4.78. The van der Waals surface area contributed by atoms with E-state index in [-0.39, 0.29) is 0 Å². The molecule has 1 saturated heterocycles. The van der Waals surface area contributed by atoms with Crippen LogP contribution in [0.25, 0.3) is 0 Å². The molecule has 0 saturated carbocycles. The van der Waals surface area contributed by atoms with Gasteiger partial charge in [0.05, 0.1) is 0 Å². The lowest BCUT2D eigenvalue weighted by molar-refractivity contribution is -0.391. The molecule has 0 spiro atoms. The molecular formula is C7H10N4O7. The van der Waals surface area contributed by atoms with E-state index in [9.17, 15) is 25.2 Å². The molecule has 2 heterocycles. The Bertz CT molecular complexity index is 439. The van der Waals surface area contributed by atoms with Crippen molar-refractivity contribution in [3.05, 3.63) is 6.33 Å². The van der Waals surface area contributed by atoms with Crippen LogP contribution in [0.4, 0.5) is 0 Å². The summed E-state index contributed by atoms with van der Waals surface area (Å²) >= 11 is 0. The summed E-state index contributed by atoms with van der Waals surface area (Å²) in [6.45, 7) is 0. The fourth-order valence-electron chi connectivity index (χ4n) is 1.59. The largest absolute Gasteiger partial charge is 0.479 e. The molecule has 1 aromatic rings. The second kappa shape index (κ2) is 4.22. The SMILES string of the molecule is O=C(O)[C@H]1O[C@@](O)(n2ncnn2)[C@H](O)[C@@H](O)[C@@H]1O. The van der Waals surface area contributed by atoms with Crippen molar-refractivity contribution in [2.45, 2.75) is 30.3 Å². The highest BCUT2D eigenvalue weighted by atomic mass is 16.7. The fraction of sp³-hybridized carbons (Fsp3) is 0.714. The molecule has 0 unspecified atom stereocenters. The normalized spacial score (nSPS) is 40.7. The van der Waals surface area contributed by atoms with Crippen molar-refractivity contribution in [3.63, 3.8) is 0 Å². The number of rotatable bonds is 2. The van der Waals surface area contributed by atoms with E-state index in [4.69, 9.17) is 5.11 Å². The van der Waals surface area contributed by atoms with Gasteiger partial charge in [-0.1, -0.05) is 0 Å². The number of hydrogen-bond acceptors (Lipinski definition) is 9. The monoisotopic (exact) mass is 262 g/mol.